The van der Waals surface area contributed by atoms with Gasteiger partial charge in [-0.15, -0.1) is 0 Å². The molecule has 1 aliphatic rings. The van der Waals surface area contributed by atoms with Gasteiger partial charge in [-0.05, 0) is 31.3 Å². The number of rotatable bonds is 2. The molecule has 0 saturated heterocycles. The summed E-state index contributed by atoms with van der Waals surface area (Å²) in [5, 5.41) is 9.96. The summed E-state index contributed by atoms with van der Waals surface area (Å²) in [5.74, 6) is -0.0411. The van der Waals surface area contributed by atoms with E-state index in [1.165, 1.54) is 0 Å². The average molecular weight is 168 g/mol. The smallest absolute Gasteiger partial charge is 0.168 e. The number of aliphatic hydroxyl groups is 1. The van der Waals surface area contributed by atoms with Gasteiger partial charge in [0.1, 0.15) is 5.60 Å². The van der Waals surface area contributed by atoms with E-state index in [0.717, 1.165) is 12.8 Å². The zero-order valence-corrected chi connectivity index (χ0v) is 7.60. The van der Waals surface area contributed by atoms with Crippen LogP contribution in [-0.4, -0.2) is 16.5 Å². The minimum absolute atomic E-state index is 0.0411. The van der Waals surface area contributed by atoms with E-state index >= 15 is 0 Å². The molecule has 0 aromatic carbocycles. The normalized spacial score (nSPS) is 30.3. The van der Waals surface area contributed by atoms with Crippen LogP contribution >= 0.6 is 0 Å². The molecule has 0 aromatic rings. The van der Waals surface area contributed by atoms with Crippen molar-refractivity contribution in [1.29, 1.82) is 0 Å². The molecule has 1 aliphatic carbocycles. The molecule has 68 valence electrons. The highest BCUT2D eigenvalue weighted by atomic mass is 16.3. The number of ketones is 1. The van der Waals surface area contributed by atoms with Crippen LogP contribution in [0.2, 0.25) is 0 Å². The van der Waals surface area contributed by atoms with E-state index in [2.05, 4.69) is 6.58 Å². The third-order valence-corrected chi connectivity index (χ3v) is 2.67. The van der Waals surface area contributed by atoms with Crippen LogP contribution in [0.1, 0.15) is 39.0 Å². The predicted octanol–water partition coefficient (Wildman–Crippen LogP) is 1.83. The largest absolute Gasteiger partial charge is 0.378 e. The van der Waals surface area contributed by atoms with Crippen molar-refractivity contribution in [2.45, 2.75) is 44.6 Å². The molecule has 0 bridgehead atoms. The number of hydrogen-bond donors (Lipinski definition) is 1. The van der Waals surface area contributed by atoms with Gasteiger partial charge in [0.15, 0.2) is 5.78 Å². The van der Waals surface area contributed by atoms with E-state index in [1.54, 1.807) is 0 Å². The van der Waals surface area contributed by atoms with Gasteiger partial charge in [0.05, 0.1) is 0 Å². The van der Waals surface area contributed by atoms with Gasteiger partial charge < -0.3 is 5.11 Å². The lowest BCUT2D eigenvalue weighted by Gasteiger charge is -2.31. The van der Waals surface area contributed by atoms with Crippen molar-refractivity contribution in [2.24, 2.45) is 0 Å². The number of Topliss-reactive ketones (excluding diaryl/α,β-unsaturated/α-hetero) is 1. The topological polar surface area (TPSA) is 37.3 Å². The monoisotopic (exact) mass is 168 g/mol. The van der Waals surface area contributed by atoms with Crippen molar-refractivity contribution in [3.8, 4) is 0 Å². The van der Waals surface area contributed by atoms with Gasteiger partial charge in [0.2, 0.25) is 0 Å². The quantitative estimate of drug-likeness (QED) is 0.639. The molecule has 1 unspecified atom stereocenters. The number of carbonyl (C=O) groups excluding carboxylic acids is 1. The fourth-order valence-electron chi connectivity index (χ4n) is 1.68. The minimum atomic E-state index is -1.19. The van der Waals surface area contributed by atoms with Crippen LogP contribution in [0.4, 0.5) is 0 Å². The number of hydrogen-bond acceptors (Lipinski definition) is 2. The van der Waals surface area contributed by atoms with Crippen LogP contribution < -0.4 is 0 Å². The van der Waals surface area contributed by atoms with Crippen molar-refractivity contribution in [2.75, 3.05) is 0 Å². The molecule has 0 aromatic heterocycles. The Kier molecular flexibility index (Phi) is 2.68. The van der Waals surface area contributed by atoms with E-state index in [1.807, 2.05) is 6.92 Å². The van der Waals surface area contributed by atoms with Gasteiger partial charge in [-0.25, -0.2) is 0 Å². The molecule has 12 heavy (non-hydrogen) atoms. The molecule has 0 aliphatic heterocycles. The molecular formula is C10H16O2. The lowest BCUT2D eigenvalue weighted by molar-refractivity contribution is -0.137. The first-order chi connectivity index (χ1) is 5.61. The molecular weight excluding hydrogens is 152 g/mol. The Hall–Kier alpha value is -0.630. The first-order valence-electron chi connectivity index (χ1n) is 4.55. The molecule has 1 atom stereocenters. The second-order valence-corrected chi connectivity index (χ2v) is 3.45. The highest BCUT2D eigenvalue weighted by molar-refractivity contribution is 5.90. The van der Waals surface area contributed by atoms with E-state index < -0.39 is 5.60 Å². The Morgan fingerprint density at radius 3 is 2.83 bits per heavy atom. The predicted molar refractivity (Wildman–Crippen MR) is 47.9 cm³/mol. The van der Waals surface area contributed by atoms with Gasteiger partial charge in [-0.3, -0.25) is 4.79 Å². The molecule has 1 saturated carbocycles. The zero-order chi connectivity index (χ0) is 9.19. The fraction of sp³-hybridized carbons (Fsp3) is 0.700. The third-order valence-electron chi connectivity index (χ3n) is 2.67. The summed E-state index contributed by atoms with van der Waals surface area (Å²) in [7, 11) is 0. The van der Waals surface area contributed by atoms with E-state index in [9.17, 15) is 9.90 Å². The van der Waals surface area contributed by atoms with Gasteiger partial charge in [0.25, 0.3) is 0 Å². The Morgan fingerprint density at radius 1 is 1.67 bits per heavy atom. The lowest BCUT2D eigenvalue weighted by atomic mass is 9.78. The highest BCUT2D eigenvalue weighted by Crippen LogP contribution is 2.31. The molecule has 1 rings (SSSR count). The summed E-state index contributed by atoms with van der Waals surface area (Å²) in [6.07, 6.45) is 3.61. The van der Waals surface area contributed by atoms with Gasteiger partial charge in [0, 0.05) is 6.42 Å². The summed E-state index contributed by atoms with van der Waals surface area (Å²) in [6, 6.07) is 0. The van der Waals surface area contributed by atoms with Crippen molar-refractivity contribution in [3.05, 3.63) is 12.2 Å². The molecule has 2 heteroatoms. The van der Waals surface area contributed by atoms with Crippen LogP contribution in [0.25, 0.3) is 0 Å². The van der Waals surface area contributed by atoms with Crippen molar-refractivity contribution in [1.82, 2.24) is 0 Å². The van der Waals surface area contributed by atoms with Crippen LogP contribution in [0, 0.1) is 0 Å². The summed E-state index contributed by atoms with van der Waals surface area (Å²) >= 11 is 0. The Morgan fingerprint density at radius 2 is 2.33 bits per heavy atom. The van der Waals surface area contributed by atoms with Crippen molar-refractivity contribution < 1.29 is 9.90 Å². The van der Waals surface area contributed by atoms with E-state index in [4.69, 9.17) is 0 Å². The van der Waals surface area contributed by atoms with E-state index in [0.29, 0.717) is 24.8 Å². The Balaban J connectivity index is 2.79. The summed E-state index contributed by atoms with van der Waals surface area (Å²) in [4.78, 5) is 11.4. The van der Waals surface area contributed by atoms with Crippen molar-refractivity contribution in [3.63, 3.8) is 0 Å². The van der Waals surface area contributed by atoms with Gasteiger partial charge >= 0.3 is 0 Å². The fourth-order valence-corrected chi connectivity index (χ4v) is 1.68. The molecule has 2 nitrogen and oxygen atoms in total. The molecule has 1 fully saturated rings. The summed E-state index contributed by atoms with van der Waals surface area (Å²) < 4.78 is 0. The standard InChI is InChI=1S/C10H16O2/c1-3-8(2)10(12)7-5-4-6-9(10)11/h12H,2-7H2,1H3. The summed E-state index contributed by atoms with van der Waals surface area (Å²) in [6.45, 7) is 5.67. The maximum Gasteiger partial charge on any atom is 0.168 e. The van der Waals surface area contributed by atoms with Gasteiger partial charge in [-0.1, -0.05) is 13.5 Å². The molecule has 1 N–H and O–H groups in total. The second-order valence-electron chi connectivity index (χ2n) is 3.45. The Labute approximate surface area is 73.3 Å². The van der Waals surface area contributed by atoms with Crippen LogP contribution in [-0.2, 0) is 4.79 Å². The number of carbonyl (C=O) groups is 1. The third kappa shape index (κ3) is 1.44. The minimum Gasteiger partial charge on any atom is -0.378 e. The lowest BCUT2D eigenvalue weighted by Crippen LogP contribution is -2.42. The first kappa shape index (κ1) is 9.46. The Bertz CT molecular complexity index is 198. The maximum atomic E-state index is 11.4. The van der Waals surface area contributed by atoms with Crippen LogP contribution in [0.3, 0.4) is 0 Å². The van der Waals surface area contributed by atoms with Gasteiger partial charge in [-0.2, -0.15) is 0 Å². The highest BCUT2D eigenvalue weighted by Gasteiger charge is 2.38. The SMILES string of the molecule is C=C(CC)C1(O)CCCCC1=O. The molecule has 0 amide bonds. The maximum absolute atomic E-state index is 11.4. The average Bonchev–Trinajstić information content (AvgIpc) is 2.09. The van der Waals surface area contributed by atoms with Crippen LogP contribution in [0.15, 0.2) is 12.2 Å². The van der Waals surface area contributed by atoms with Crippen molar-refractivity contribution >= 4 is 5.78 Å². The zero-order valence-electron chi connectivity index (χ0n) is 7.60. The first-order valence-corrected chi connectivity index (χ1v) is 4.55. The van der Waals surface area contributed by atoms with E-state index in [-0.39, 0.29) is 5.78 Å². The molecule has 0 heterocycles. The molecule has 0 spiro atoms. The summed E-state index contributed by atoms with van der Waals surface area (Å²) in [5.41, 5.74) is -0.514. The molecule has 0 radical (unpaired) electrons. The second kappa shape index (κ2) is 3.40. The van der Waals surface area contributed by atoms with Crippen LogP contribution in [0.5, 0.6) is 0 Å².